The van der Waals surface area contributed by atoms with Gasteiger partial charge >= 0.3 is 11.1 Å². The molecule has 0 bridgehead atoms. The average molecular weight is 370 g/mol. The van der Waals surface area contributed by atoms with Crippen molar-refractivity contribution in [2.24, 2.45) is 14.1 Å². The highest BCUT2D eigenvalue weighted by molar-refractivity contribution is 6.07. The van der Waals surface area contributed by atoms with Crippen LogP contribution >= 0.6 is 0 Å². The molecule has 0 aliphatic carbocycles. The number of benzene rings is 2. The van der Waals surface area contributed by atoms with Crippen LogP contribution in [-0.4, -0.2) is 29.1 Å². The number of amides is 1. The van der Waals surface area contributed by atoms with Crippen molar-refractivity contribution < 1.29 is 9.18 Å². The van der Waals surface area contributed by atoms with Gasteiger partial charge in [0.1, 0.15) is 5.82 Å². The normalized spacial score (nSPS) is 10.9. The molecule has 0 saturated carbocycles. The van der Waals surface area contributed by atoms with Crippen LogP contribution in [0.25, 0.3) is 11.0 Å². The molecule has 0 radical (unpaired) electrons. The van der Waals surface area contributed by atoms with Crippen LogP contribution in [0.5, 0.6) is 0 Å². The second-order valence-electron chi connectivity index (χ2n) is 6.41. The van der Waals surface area contributed by atoms with Gasteiger partial charge in [-0.3, -0.25) is 14.4 Å². The number of rotatable bonds is 3. The molecule has 0 aliphatic heterocycles. The summed E-state index contributed by atoms with van der Waals surface area (Å²) >= 11 is 0. The third-order valence-electron chi connectivity index (χ3n) is 4.46. The lowest BCUT2D eigenvalue weighted by molar-refractivity contribution is 0.102. The molecular weight excluding hydrogens is 351 g/mol. The third kappa shape index (κ3) is 3.10. The van der Waals surface area contributed by atoms with E-state index in [-0.39, 0.29) is 5.56 Å². The first-order valence-electron chi connectivity index (χ1n) is 8.19. The number of nitrogens with zero attached hydrogens (tertiary/aromatic N) is 3. The van der Waals surface area contributed by atoms with Gasteiger partial charge in [-0.1, -0.05) is 12.1 Å². The number of carbonyl (C=O) groups excluding carboxylic acids is 1. The number of aromatic nitrogens is 2. The Bertz CT molecular complexity index is 1180. The van der Waals surface area contributed by atoms with Crippen molar-refractivity contribution in [2.75, 3.05) is 24.3 Å². The maximum atomic E-state index is 13.9. The predicted molar refractivity (Wildman–Crippen MR) is 103 cm³/mol. The highest BCUT2D eigenvalue weighted by Crippen LogP contribution is 2.29. The first-order chi connectivity index (χ1) is 12.7. The minimum absolute atomic E-state index is 0.0864. The van der Waals surface area contributed by atoms with Crippen molar-refractivity contribution in [1.29, 1.82) is 0 Å². The van der Waals surface area contributed by atoms with E-state index >= 15 is 0 Å². The molecule has 1 aromatic heterocycles. The smallest absolute Gasteiger partial charge is 0.316 e. The highest BCUT2D eigenvalue weighted by Gasteiger charge is 2.17. The van der Waals surface area contributed by atoms with Gasteiger partial charge in [0, 0.05) is 28.2 Å². The summed E-state index contributed by atoms with van der Waals surface area (Å²) in [5.41, 5.74) is 0.616. The Morgan fingerprint density at radius 1 is 1.00 bits per heavy atom. The van der Waals surface area contributed by atoms with E-state index in [9.17, 15) is 18.8 Å². The molecule has 1 amide bonds. The molecule has 0 spiro atoms. The van der Waals surface area contributed by atoms with Crippen molar-refractivity contribution in [1.82, 2.24) is 9.13 Å². The fraction of sp³-hybridized carbons (Fsp3) is 0.211. The molecule has 8 heteroatoms. The highest BCUT2D eigenvalue weighted by atomic mass is 19.1. The van der Waals surface area contributed by atoms with E-state index in [4.69, 9.17) is 0 Å². The second-order valence-corrected chi connectivity index (χ2v) is 6.41. The number of anilines is 2. The number of hydrogen-bond acceptors (Lipinski definition) is 4. The number of halogens is 1. The first kappa shape index (κ1) is 18.4. The van der Waals surface area contributed by atoms with Crippen LogP contribution in [0.4, 0.5) is 15.8 Å². The number of carbonyl (C=O) groups is 1. The van der Waals surface area contributed by atoms with Crippen molar-refractivity contribution in [3.05, 3.63) is 68.5 Å². The molecule has 0 unspecified atom stereocenters. The van der Waals surface area contributed by atoms with Crippen molar-refractivity contribution in [3.8, 4) is 0 Å². The summed E-state index contributed by atoms with van der Waals surface area (Å²) in [7, 11) is 6.56. The Morgan fingerprint density at radius 2 is 1.56 bits per heavy atom. The minimum atomic E-state index is -0.672. The van der Waals surface area contributed by atoms with Crippen molar-refractivity contribution >= 4 is 28.3 Å². The van der Waals surface area contributed by atoms with E-state index in [2.05, 4.69) is 5.32 Å². The van der Waals surface area contributed by atoms with Crippen LogP contribution in [0.15, 0.2) is 46.0 Å². The summed E-state index contributed by atoms with van der Waals surface area (Å²) in [6.45, 7) is 0. The maximum absolute atomic E-state index is 13.9. The van der Waals surface area contributed by atoms with Crippen LogP contribution in [0.3, 0.4) is 0 Å². The SMILES string of the molecule is CN(C)c1cc2c(cc1NC(=O)c1ccccc1F)n(C)c(=O)c(=O)n2C. The van der Waals surface area contributed by atoms with Crippen LogP contribution in [0.2, 0.25) is 0 Å². The lowest BCUT2D eigenvalue weighted by atomic mass is 10.1. The second kappa shape index (κ2) is 6.71. The van der Waals surface area contributed by atoms with Gasteiger partial charge in [-0.05, 0) is 24.3 Å². The van der Waals surface area contributed by atoms with Crippen molar-refractivity contribution in [2.45, 2.75) is 0 Å². The monoisotopic (exact) mass is 370 g/mol. The first-order valence-corrected chi connectivity index (χ1v) is 8.19. The maximum Gasteiger partial charge on any atom is 0.316 e. The molecule has 1 heterocycles. The Balaban J connectivity index is 2.22. The van der Waals surface area contributed by atoms with Crippen molar-refractivity contribution in [3.63, 3.8) is 0 Å². The molecule has 2 aromatic carbocycles. The van der Waals surface area contributed by atoms with E-state index < -0.39 is 22.8 Å². The summed E-state index contributed by atoms with van der Waals surface area (Å²) in [5, 5.41) is 2.70. The standard InChI is InChI=1S/C19H19FN4O3/c1-22(2)14-10-16-15(23(3)18(26)19(27)24(16)4)9-13(14)21-17(25)11-7-5-6-8-12(11)20/h5-10H,1-4H3,(H,21,25). The number of nitrogens with one attached hydrogen (secondary N) is 1. The molecule has 27 heavy (non-hydrogen) atoms. The van der Waals surface area contributed by atoms with Crippen LogP contribution in [0, 0.1) is 5.82 Å². The zero-order valence-corrected chi connectivity index (χ0v) is 15.4. The van der Waals surface area contributed by atoms with Crippen LogP contribution in [-0.2, 0) is 14.1 Å². The molecule has 0 fully saturated rings. The molecule has 3 aromatic rings. The molecule has 1 N–H and O–H groups in total. The summed E-state index contributed by atoms with van der Waals surface area (Å²) in [4.78, 5) is 38.5. The predicted octanol–water partition coefficient (Wildman–Crippen LogP) is 1.69. The Labute approximate surface area is 154 Å². The lowest BCUT2D eigenvalue weighted by Gasteiger charge is -2.20. The molecule has 140 valence electrons. The Morgan fingerprint density at radius 3 is 2.11 bits per heavy atom. The molecule has 0 aliphatic rings. The largest absolute Gasteiger partial charge is 0.376 e. The fourth-order valence-corrected chi connectivity index (χ4v) is 2.91. The summed E-state index contributed by atoms with van der Waals surface area (Å²) in [6, 6.07) is 8.98. The summed E-state index contributed by atoms with van der Waals surface area (Å²) in [6.07, 6.45) is 0. The molecule has 0 saturated heterocycles. The van der Waals surface area contributed by atoms with E-state index in [1.54, 1.807) is 37.2 Å². The molecular formula is C19H19FN4O3. The third-order valence-corrected chi connectivity index (χ3v) is 4.46. The lowest BCUT2D eigenvalue weighted by Crippen LogP contribution is -2.39. The molecule has 0 atom stereocenters. The van der Waals surface area contributed by atoms with Gasteiger partial charge in [-0.2, -0.15) is 0 Å². The summed E-state index contributed by atoms with van der Waals surface area (Å²) in [5.74, 6) is -1.23. The number of hydrogen-bond donors (Lipinski definition) is 1. The van der Waals surface area contributed by atoms with E-state index in [0.29, 0.717) is 22.4 Å². The van der Waals surface area contributed by atoms with Gasteiger partial charge in [0.15, 0.2) is 0 Å². The quantitative estimate of drug-likeness (QED) is 0.712. The van der Waals surface area contributed by atoms with Gasteiger partial charge in [0.25, 0.3) is 5.91 Å². The van der Waals surface area contributed by atoms with Gasteiger partial charge in [-0.25, -0.2) is 4.39 Å². The van der Waals surface area contributed by atoms with Crippen LogP contribution < -0.4 is 21.3 Å². The topological polar surface area (TPSA) is 76.3 Å². The Kier molecular flexibility index (Phi) is 4.57. The van der Waals surface area contributed by atoms with E-state index in [0.717, 1.165) is 0 Å². The number of fused-ring (bicyclic) bond motifs is 1. The van der Waals surface area contributed by atoms with Gasteiger partial charge < -0.3 is 19.4 Å². The Hall–Kier alpha value is -3.42. The number of aryl methyl sites for hydroxylation is 2. The van der Waals surface area contributed by atoms with Gasteiger partial charge in [0.2, 0.25) is 0 Å². The van der Waals surface area contributed by atoms with E-state index in [1.165, 1.54) is 41.4 Å². The zero-order valence-electron chi connectivity index (χ0n) is 15.4. The van der Waals surface area contributed by atoms with Gasteiger partial charge in [-0.15, -0.1) is 0 Å². The summed E-state index contributed by atoms with van der Waals surface area (Å²) < 4.78 is 16.4. The van der Waals surface area contributed by atoms with Gasteiger partial charge in [0.05, 0.1) is 28.0 Å². The molecule has 3 rings (SSSR count). The van der Waals surface area contributed by atoms with Crippen LogP contribution in [0.1, 0.15) is 10.4 Å². The fourth-order valence-electron chi connectivity index (χ4n) is 2.91. The molecule has 7 nitrogen and oxygen atoms in total. The van der Waals surface area contributed by atoms with E-state index in [1.807, 2.05) is 0 Å². The average Bonchev–Trinajstić information content (AvgIpc) is 2.64. The zero-order chi connectivity index (χ0) is 19.9. The minimum Gasteiger partial charge on any atom is -0.376 e.